The van der Waals surface area contributed by atoms with Crippen LogP contribution >= 0.6 is 0 Å². The third-order valence-corrected chi connectivity index (χ3v) is 5.55. The van der Waals surface area contributed by atoms with Crippen LogP contribution in [0.25, 0.3) is 5.65 Å². The zero-order chi connectivity index (χ0) is 20.2. The van der Waals surface area contributed by atoms with Gasteiger partial charge < -0.3 is 21.1 Å². The fraction of sp³-hybridized carbons (Fsp3) is 0.455. The van der Waals surface area contributed by atoms with Gasteiger partial charge in [-0.3, -0.25) is 0 Å². The maximum atomic E-state index is 10.2. The van der Waals surface area contributed by atoms with Crippen LogP contribution in [0.4, 0.5) is 11.5 Å². The summed E-state index contributed by atoms with van der Waals surface area (Å²) in [6.45, 7) is 7.31. The van der Waals surface area contributed by atoms with Gasteiger partial charge in [-0.05, 0) is 24.4 Å². The van der Waals surface area contributed by atoms with Gasteiger partial charge in [0.2, 0.25) is 0 Å². The fourth-order valence-corrected chi connectivity index (χ4v) is 3.76. The minimum absolute atomic E-state index is 0.224. The van der Waals surface area contributed by atoms with Crippen LogP contribution in [0.3, 0.4) is 0 Å². The molecule has 3 heterocycles. The van der Waals surface area contributed by atoms with Crippen molar-refractivity contribution in [3.05, 3.63) is 53.9 Å². The van der Waals surface area contributed by atoms with Crippen LogP contribution in [0.5, 0.6) is 0 Å². The Morgan fingerprint density at radius 1 is 1.24 bits per heavy atom. The van der Waals surface area contributed by atoms with E-state index in [9.17, 15) is 5.11 Å². The number of hydrogen-bond donors (Lipinski definition) is 4. The Morgan fingerprint density at radius 3 is 2.83 bits per heavy atom. The smallest absolute Gasteiger partial charge is 0.177 e. The SMILES string of the molecule is CC(C)c1cnc2c(NCc3ccccc3)cc(NCC3CCNC[C@@H]3O)nn12. The highest BCUT2D eigenvalue weighted by molar-refractivity contribution is 5.71. The summed E-state index contributed by atoms with van der Waals surface area (Å²) in [7, 11) is 0. The van der Waals surface area contributed by atoms with E-state index < -0.39 is 0 Å². The molecule has 2 atom stereocenters. The highest BCUT2D eigenvalue weighted by Gasteiger charge is 2.23. The average Bonchev–Trinajstić information content (AvgIpc) is 3.16. The highest BCUT2D eigenvalue weighted by atomic mass is 16.3. The third kappa shape index (κ3) is 4.52. The molecule has 7 heteroatoms. The number of rotatable bonds is 7. The first kappa shape index (κ1) is 19.7. The van der Waals surface area contributed by atoms with E-state index in [-0.39, 0.29) is 12.0 Å². The lowest BCUT2D eigenvalue weighted by atomic mass is 9.95. The number of benzene rings is 1. The second-order valence-electron chi connectivity index (χ2n) is 8.06. The number of hydrogen-bond acceptors (Lipinski definition) is 6. The maximum absolute atomic E-state index is 10.2. The summed E-state index contributed by atoms with van der Waals surface area (Å²) in [4.78, 5) is 4.62. The lowest BCUT2D eigenvalue weighted by Crippen LogP contribution is -2.43. The molecule has 1 fully saturated rings. The summed E-state index contributed by atoms with van der Waals surface area (Å²) in [6, 6.07) is 12.3. The lowest BCUT2D eigenvalue weighted by Gasteiger charge is -2.28. The summed E-state index contributed by atoms with van der Waals surface area (Å²) in [6.07, 6.45) is 2.54. The fourth-order valence-electron chi connectivity index (χ4n) is 3.76. The second kappa shape index (κ2) is 8.80. The van der Waals surface area contributed by atoms with Gasteiger partial charge in [-0.15, -0.1) is 5.10 Å². The van der Waals surface area contributed by atoms with Crippen LogP contribution in [0.15, 0.2) is 42.6 Å². The number of piperidine rings is 1. The third-order valence-electron chi connectivity index (χ3n) is 5.55. The molecule has 0 saturated carbocycles. The Balaban J connectivity index is 1.58. The van der Waals surface area contributed by atoms with Crippen molar-refractivity contribution in [1.82, 2.24) is 19.9 Å². The molecular weight excluding hydrogens is 364 g/mol. The number of aliphatic hydroxyl groups excluding tert-OH is 1. The molecule has 1 saturated heterocycles. The number of imidazole rings is 1. The van der Waals surface area contributed by atoms with Gasteiger partial charge in [-0.2, -0.15) is 0 Å². The molecule has 154 valence electrons. The molecular formula is C22H30N6O. The van der Waals surface area contributed by atoms with Crippen LogP contribution in [0, 0.1) is 5.92 Å². The van der Waals surface area contributed by atoms with Crippen molar-refractivity contribution in [2.45, 2.75) is 38.8 Å². The molecule has 29 heavy (non-hydrogen) atoms. The van der Waals surface area contributed by atoms with E-state index in [1.54, 1.807) is 0 Å². The van der Waals surface area contributed by atoms with Crippen LogP contribution in [-0.2, 0) is 6.54 Å². The molecule has 4 rings (SSSR count). The van der Waals surface area contributed by atoms with Crippen LogP contribution < -0.4 is 16.0 Å². The van der Waals surface area contributed by atoms with Gasteiger partial charge in [0.15, 0.2) is 5.65 Å². The molecule has 4 N–H and O–H groups in total. The zero-order valence-corrected chi connectivity index (χ0v) is 17.1. The quantitative estimate of drug-likeness (QED) is 0.493. The van der Waals surface area contributed by atoms with Crippen molar-refractivity contribution in [2.24, 2.45) is 5.92 Å². The van der Waals surface area contributed by atoms with Crippen molar-refractivity contribution in [1.29, 1.82) is 0 Å². The molecule has 7 nitrogen and oxygen atoms in total. The number of aromatic nitrogens is 3. The summed E-state index contributed by atoms with van der Waals surface area (Å²) in [5.41, 5.74) is 4.07. The second-order valence-corrected chi connectivity index (χ2v) is 8.06. The molecule has 1 aliphatic rings. The molecule has 1 aliphatic heterocycles. The van der Waals surface area contributed by atoms with E-state index in [0.717, 1.165) is 42.4 Å². The summed E-state index contributed by atoms with van der Waals surface area (Å²) < 4.78 is 1.93. The number of nitrogens with zero attached hydrogens (tertiary/aromatic N) is 3. The summed E-state index contributed by atoms with van der Waals surface area (Å²) in [5, 5.41) is 25.2. The highest BCUT2D eigenvalue weighted by Crippen LogP contribution is 2.25. The van der Waals surface area contributed by atoms with E-state index in [0.29, 0.717) is 19.0 Å². The minimum atomic E-state index is -0.324. The van der Waals surface area contributed by atoms with E-state index in [4.69, 9.17) is 5.10 Å². The largest absolute Gasteiger partial charge is 0.391 e. The molecule has 2 aromatic heterocycles. The van der Waals surface area contributed by atoms with Crippen molar-refractivity contribution in [2.75, 3.05) is 30.3 Å². The molecule has 3 aromatic rings. The monoisotopic (exact) mass is 394 g/mol. The predicted molar refractivity (Wildman–Crippen MR) is 116 cm³/mol. The molecule has 0 aliphatic carbocycles. The topological polar surface area (TPSA) is 86.5 Å². The van der Waals surface area contributed by atoms with E-state index in [1.807, 2.05) is 35.0 Å². The number of anilines is 2. The Hall–Kier alpha value is -2.64. The van der Waals surface area contributed by atoms with E-state index in [2.05, 4.69) is 46.9 Å². The summed E-state index contributed by atoms with van der Waals surface area (Å²) in [5.74, 6) is 1.33. The first-order chi connectivity index (χ1) is 14.1. The molecule has 0 radical (unpaired) electrons. The predicted octanol–water partition coefficient (Wildman–Crippen LogP) is 2.85. The van der Waals surface area contributed by atoms with Crippen molar-refractivity contribution >= 4 is 17.2 Å². The van der Waals surface area contributed by atoms with Crippen LogP contribution in [0.1, 0.15) is 37.4 Å². The van der Waals surface area contributed by atoms with E-state index in [1.165, 1.54) is 5.56 Å². The van der Waals surface area contributed by atoms with Gasteiger partial charge >= 0.3 is 0 Å². The summed E-state index contributed by atoms with van der Waals surface area (Å²) >= 11 is 0. The Morgan fingerprint density at radius 2 is 2.07 bits per heavy atom. The van der Waals surface area contributed by atoms with Crippen molar-refractivity contribution < 1.29 is 5.11 Å². The normalized spacial score (nSPS) is 19.6. The van der Waals surface area contributed by atoms with Gasteiger partial charge in [0.25, 0.3) is 0 Å². The van der Waals surface area contributed by atoms with Crippen molar-refractivity contribution in [3.8, 4) is 0 Å². The van der Waals surface area contributed by atoms with Gasteiger partial charge in [-0.25, -0.2) is 9.50 Å². The Labute approximate surface area is 171 Å². The van der Waals surface area contributed by atoms with Gasteiger partial charge in [0.05, 0.1) is 23.7 Å². The van der Waals surface area contributed by atoms with Gasteiger partial charge in [0.1, 0.15) is 5.82 Å². The van der Waals surface area contributed by atoms with Gasteiger partial charge in [-0.1, -0.05) is 44.2 Å². The standard InChI is InChI=1S/C22H30N6O/c1-15(2)19-13-26-22-18(24-11-16-6-4-3-5-7-16)10-21(27-28(19)22)25-12-17-8-9-23-14-20(17)29/h3-7,10,13,15,17,20,23-24,29H,8-9,11-12,14H2,1-2H3,(H,25,27)/t17?,20-/m0/s1. The molecule has 0 bridgehead atoms. The molecule has 1 aromatic carbocycles. The first-order valence-electron chi connectivity index (χ1n) is 10.4. The average molecular weight is 395 g/mol. The van der Waals surface area contributed by atoms with Crippen LogP contribution in [-0.4, -0.2) is 45.4 Å². The van der Waals surface area contributed by atoms with Crippen molar-refractivity contribution in [3.63, 3.8) is 0 Å². The minimum Gasteiger partial charge on any atom is -0.391 e. The molecule has 0 amide bonds. The van der Waals surface area contributed by atoms with Crippen LogP contribution in [0.2, 0.25) is 0 Å². The Kier molecular flexibility index (Phi) is 5.97. The molecule has 0 spiro atoms. The Bertz CT molecular complexity index is 939. The van der Waals surface area contributed by atoms with E-state index >= 15 is 0 Å². The maximum Gasteiger partial charge on any atom is 0.177 e. The number of β-amino-alcohol motifs (C(OH)–C–C–N with tert-alkyl or cyclic N) is 1. The zero-order valence-electron chi connectivity index (χ0n) is 17.1. The molecule has 1 unspecified atom stereocenters. The first-order valence-corrected chi connectivity index (χ1v) is 10.4. The van der Waals surface area contributed by atoms with Gasteiger partial charge in [0, 0.05) is 31.6 Å². The number of nitrogens with one attached hydrogen (secondary N) is 3. The lowest BCUT2D eigenvalue weighted by molar-refractivity contribution is 0.0883. The number of aliphatic hydroxyl groups is 1. The number of fused-ring (bicyclic) bond motifs is 1.